The smallest absolute Gasteiger partial charge is 0.249 e. The van der Waals surface area contributed by atoms with E-state index in [1.165, 1.54) is 0 Å². The summed E-state index contributed by atoms with van der Waals surface area (Å²) in [5.41, 5.74) is 0.0444. The molecule has 1 amide bonds. The zero-order valence-electron chi connectivity index (χ0n) is 8.38. The molecule has 0 spiro atoms. The molecule has 0 bridgehead atoms. The van der Waals surface area contributed by atoms with E-state index in [-0.39, 0.29) is 17.6 Å². The summed E-state index contributed by atoms with van der Waals surface area (Å²) in [6.07, 6.45) is 2.96. The van der Waals surface area contributed by atoms with Crippen LogP contribution < -0.4 is 5.32 Å². The largest absolute Gasteiger partial charge is 0.368 e. The summed E-state index contributed by atoms with van der Waals surface area (Å²) in [4.78, 5) is 11.8. The Balaban J connectivity index is 1.89. The predicted molar refractivity (Wildman–Crippen MR) is 57.4 cm³/mol. The molecule has 2 aliphatic rings. The van der Waals surface area contributed by atoms with Gasteiger partial charge < -0.3 is 10.1 Å². The van der Waals surface area contributed by atoms with Crippen molar-refractivity contribution in [2.75, 3.05) is 11.9 Å². The van der Waals surface area contributed by atoms with Gasteiger partial charge in [0.1, 0.15) is 6.10 Å². The van der Waals surface area contributed by atoms with Crippen molar-refractivity contribution in [1.82, 2.24) is 5.32 Å². The molecule has 2 atom stereocenters. The Labute approximate surface area is 92.7 Å². The van der Waals surface area contributed by atoms with Crippen molar-refractivity contribution < 1.29 is 9.53 Å². The molecule has 2 unspecified atom stereocenters. The lowest BCUT2D eigenvalue weighted by atomic mass is 10.0. The lowest BCUT2D eigenvalue weighted by Gasteiger charge is -2.19. The first kappa shape index (κ1) is 10.4. The van der Waals surface area contributed by atoms with Crippen LogP contribution in [0.2, 0.25) is 0 Å². The maximum Gasteiger partial charge on any atom is 0.249 e. The number of alkyl halides is 1. The molecule has 1 aliphatic carbocycles. The average Bonchev–Trinajstić information content (AvgIpc) is 2.80. The lowest BCUT2D eigenvalue weighted by Crippen LogP contribution is -2.45. The molecule has 0 aromatic carbocycles. The molecule has 14 heavy (non-hydrogen) atoms. The zero-order valence-corrected chi connectivity index (χ0v) is 9.97. The van der Waals surface area contributed by atoms with Gasteiger partial charge in [-0.1, -0.05) is 22.9 Å². The standard InChI is InChI=1S/C10H16BrNO2/c1-7-2-5-14-8(7)9(13)12-10(6-11)3-4-10/h7-8H,2-6H2,1H3,(H,12,13). The van der Waals surface area contributed by atoms with Crippen molar-refractivity contribution >= 4 is 21.8 Å². The third-order valence-electron chi connectivity index (χ3n) is 3.14. The van der Waals surface area contributed by atoms with Crippen molar-refractivity contribution in [3.8, 4) is 0 Å². The summed E-state index contributed by atoms with van der Waals surface area (Å²) in [5.74, 6) is 0.438. The fourth-order valence-corrected chi connectivity index (χ4v) is 2.51. The number of hydrogen-bond acceptors (Lipinski definition) is 2. The maximum absolute atomic E-state index is 11.8. The number of halogens is 1. The van der Waals surface area contributed by atoms with Crippen molar-refractivity contribution in [1.29, 1.82) is 0 Å². The van der Waals surface area contributed by atoms with E-state index in [9.17, 15) is 4.79 Å². The number of carbonyl (C=O) groups excluding carboxylic acids is 1. The molecule has 0 aromatic rings. The number of carbonyl (C=O) groups is 1. The maximum atomic E-state index is 11.8. The highest BCUT2D eigenvalue weighted by Gasteiger charge is 2.45. The van der Waals surface area contributed by atoms with E-state index in [0.717, 1.165) is 31.2 Å². The summed E-state index contributed by atoms with van der Waals surface area (Å²) >= 11 is 3.43. The third kappa shape index (κ3) is 1.96. The van der Waals surface area contributed by atoms with E-state index < -0.39 is 0 Å². The molecule has 1 aliphatic heterocycles. The Hall–Kier alpha value is -0.0900. The topological polar surface area (TPSA) is 38.3 Å². The van der Waals surface area contributed by atoms with Crippen molar-refractivity contribution in [3.05, 3.63) is 0 Å². The molecule has 1 saturated heterocycles. The van der Waals surface area contributed by atoms with E-state index in [0.29, 0.717) is 5.92 Å². The van der Waals surface area contributed by atoms with E-state index in [1.54, 1.807) is 0 Å². The molecular weight excluding hydrogens is 246 g/mol. The summed E-state index contributed by atoms with van der Waals surface area (Å²) in [6.45, 7) is 2.80. The molecule has 1 saturated carbocycles. The summed E-state index contributed by atoms with van der Waals surface area (Å²) in [5, 5.41) is 3.93. The number of ether oxygens (including phenoxy) is 1. The van der Waals surface area contributed by atoms with Crippen molar-refractivity contribution in [3.63, 3.8) is 0 Å². The lowest BCUT2D eigenvalue weighted by molar-refractivity contribution is -0.132. The molecule has 2 fully saturated rings. The first-order valence-electron chi connectivity index (χ1n) is 5.16. The molecule has 0 aromatic heterocycles. The van der Waals surface area contributed by atoms with Gasteiger partial charge in [0, 0.05) is 17.5 Å². The second-order valence-corrected chi connectivity index (χ2v) is 5.02. The number of hydrogen-bond donors (Lipinski definition) is 1. The van der Waals surface area contributed by atoms with E-state index >= 15 is 0 Å². The van der Waals surface area contributed by atoms with Crippen LogP contribution in [0.15, 0.2) is 0 Å². The normalized spacial score (nSPS) is 34.1. The van der Waals surface area contributed by atoms with Crippen LogP contribution in [0.5, 0.6) is 0 Å². The Morgan fingerprint density at radius 3 is 2.79 bits per heavy atom. The zero-order chi connectivity index (χ0) is 10.2. The fraction of sp³-hybridized carbons (Fsp3) is 0.900. The van der Waals surface area contributed by atoms with Crippen LogP contribution in [0.3, 0.4) is 0 Å². The number of amides is 1. The SMILES string of the molecule is CC1CCOC1C(=O)NC1(CBr)CC1. The number of nitrogens with one attached hydrogen (secondary N) is 1. The molecule has 0 radical (unpaired) electrons. The molecule has 1 N–H and O–H groups in total. The van der Waals surface area contributed by atoms with Crippen LogP contribution >= 0.6 is 15.9 Å². The Morgan fingerprint density at radius 2 is 2.36 bits per heavy atom. The second-order valence-electron chi connectivity index (χ2n) is 4.46. The van der Waals surface area contributed by atoms with Gasteiger partial charge in [0.25, 0.3) is 0 Å². The molecule has 2 rings (SSSR count). The predicted octanol–water partition coefficient (Wildman–Crippen LogP) is 1.46. The second kappa shape index (κ2) is 3.81. The van der Waals surface area contributed by atoms with Gasteiger partial charge >= 0.3 is 0 Å². The highest BCUT2D eigenvalue weighted by Crippen LogP contribution is 2.37. The highest BCUT2D eigenvalue weighted by molar-refractivity contribution is 9.09. The van der Waals surface area contributed by atoms with Crippen molar-refractivity contribution in [2.24, 2.45) is 5.92 Å². The van der Waals surface area contributed by atoms with Crippen LogP contribution in [0.25, 0.3) is 0 Å². The van der Waals surface area contributed by atoms with Crippen molar-refractivity contribution in [2.45, 2.75) is 37.8 Å². The Morgan fingerprint density at radius 1 is 1.64 bits per heavy atom. The minimum atomic E-state index is -0.216. The van der Waals surface area contributed by atoms with E-state index in [2.05, 4.69) is 28.2 Å². The van der Waals surface area contributed by atoms with Crippen LogP contribution in [0, 0.1) is 5.92 Å². The molecule has 4 heteroatoms. The van der Waals surface area contributed by atoms with Crippen LogP contribution in [-0.4, -0.2) is 29.5 Å². The monoisotopic (exact) mass is 261 g/mol. The van der Waals surface area contributed by atoms with Gasteiger partial charge in [-0.15, -0.1) is 0 Å². The summed E-state index contributed by atoms with van der Waals surface area (Å²) in [6, 6.07) is 0. The number of rotatable bonds is 3. The minimum absolute atomic E-state index is 0.0444. The van der Waals surface area contributed by atoms with E-state index in [1.807, 2.05) is 0 Å². The average molecular weight is 262 g/mol. The highest BCUT2D eigenvalue weighted by atomic mass is 79.9. The van der Waals surface area contributed by atoms with Gasteiger partial charge in [0.15, 0.2) is 0 Å². The van der Waals surface area contributed by atoms with Crippen LogP contribution in [0.1, 0.15) is 26.2 Å². The summed E-state index contributed by atoms with van der Waals surface area (Å²) in [7, 11) is 0. The fourth-order valence-electron chi connectivity index (χ4n) is 1.81. The Bertz CT molecular complexity index is 240. The van der Waals surface area contributed by atoms with Crippen LogP contribution in [-0.2, 0) is 9.53 Å². The molecule has 80 valence electrons. The van der Waals surface area contributed by atoms with E-state index in [4.69, 9.17) is 4.74 Å². The first-order chi connectivity index (χ1) is 6.67. The quantitative estimate of drug-likeness (QED) is 0.782. The molecule has 3 nitrogen and oxygen atoms in total. The first-order valence-corrected chi connectivity index (χ1v) is 6.29. The van der Waals surface area contributed by atoms with Gasteiger partial charge in [-0.25, -0.2) is 0 Å². The molecule has 1 heterocycles. The third-order valence-corrected chi connectivity index (χ3v) is 4.22. The minimum Gasteiger partial charge on any atom is -0.368 e. The van der Waals surface area contributed by atoms with Crippen LogP contribution in [0.4, 0.5) is 0 Å². The van der Waals surface area contributed by atoms with Gasteiger partial charge in [0.05, 0.1) is 0 Å². The van der Waals surface area contributed by atoms with Gasteiger partial charge in [-0.3, -0.25) is 4.79 Å². The Kier molecular flexibility index (Phi) is 2.84. The van der Waals surface area contributed by atoms with Gasteiger partial charge in [-0.05, 0) is 25.2 Å². The van der Waals surface area contributed by atoms with Gasteiger partial charge in [0.2, 0.25) is 5.91 Å². The molecular formula is C10H16BrNO2. The van der Waals surface area contributed by atoms with Gasteiger partial charge in [-0.2, -0.15) is 0 Å². The summed E-state index contributed by atoms with van der Waals surface area (Å²) < 4.78 is 5.42.